The van der Waals surface area contributed by atoms with Gasteiger partial charge >= 0.3 is 13.7 Å². The van der Waals surface area contributed by atoms with Gasteiger partial charge in [-0.2, -0.15) is 0 Å². The van der Waals surface area contributed by atoms with E-state index in [1.807, 2.05) is 50.2 Å². The molecule has 0 saturated carbocycles. The summed E-state index contributed by atoms with van der Waals surface area (Å²) >= 11 is 0. The Morgan fingerprint density at radius 3 is 2.27 bits per heavy atom. The molecule has 2 heterocycles. The summed E-state index contributed by atoms with van der Waals surface area (Å²) in [5.41, 5.74) is 5.97. The van der Waals surface area contributed by atoms with Crippen LogP contribution in [0.2, 0.25) is 0 Å². The standard InChI is InChI=1S/C32H35N2O6P/c1-6-39-31(35)34-28-17-16-25(30-33-32(2,3)21-40-30)19-27(28)26(20-29(34)41(36,37-4)38-5)18-22-12-14-24(15-13-22)23-10-8-7-9-11-23/h7-17,19-20,29H,6,18,21H2,1-5H3. The fraction of sp³-hybridized carbons (Fsp3) is 0.312. The predicted molar refractivity (Wildman–Crippen MR) is 161 cm³/mol. The summed E-state index contributed by atoms with van der Waals surface area (Å²) in [6, 6.07) is 24.2. The molecule has 3 aromatic rings. The summed E-state index contributed by atoms with van der Waals surface area (Å²) in [7, 11) is -1.15. The molecule has 0 spiro atoms. The maximum absolute atomic E-state index is 13.8. The topological polar surface area (TPSA) is 86.7 Å². The molecule has 9 heteroatoms. The lowest BCUT2D eigenvalue weighted by molar-refractivity contribution is 0.158. The molecule has 1 atom stereocenters. The van der Waals surface area contributed by atoms with Crippen LogP contribution in [0.1, 0.15) is 37.5 Å². The summed E-state index contributed by atoms with van der Waals surface area (Å²) in [5.74, 6) is -0.471. The minimum absolute atomic E-state index is 0.157. The molecule has 0 radical (unpaired) electrons. The second-order valence-electron chi connectivity index (χ2n) is 10.6. The van der Waals surface area contributed by atoms with Crippen LogP contribution in [0.3, 0.4) is 0 Å². The Morgan fingerprint density at radius 1 is 1.00 bits per heavy atom. The Bertz CT molecular complexity index is 1520. The van der Waals surface area contributed by atoms with Crippen molar-refractivity contribution in [3.63, 3.8) is 0 Å². The van der Waals surface area contributed by atoms with Gasteiger partial charge in [-0.25, -0.2) is 9.79 Å². The van der Waals surface area contributed by atoms with E-state index in [-0.39, 0.29) is 12.1 Å². The van der Waals surface area contributed by atoms with Gasteiger partial charge in [-0.15, -0.1) is 0 Å². The van der Waals surface area contributed by atoms with E-state index in [9.17, 15) is 9.36 Å². The van der Waals surface area contributed by atoms with Crippen LogP contribution in [-0.4, -0.2) is 50.7 Å². The third-order valence-electron chi connectivity index (χ3n) is 7.18. The molecule has 0 saturated heterocycles. The first-order valence-corrected chi connectivity index (χ1v) is 15.2. The maximum atomic E-state index is 13.8. The molecule has 2 aliphatic rings. The zero-order valence-electron chi connectivity index (χ0n) is 24.0. The van der Waals surface area contributed by atoms with Gasteiger partial charge in [0, 0.05) is 25.3 Å². The third-order valence-corrected chi connectivity index (χ3v) is 9.23. The van der Waals surface area contributed by atoms with Crippen molar-refractivity contribution in [2.75, 3.05) is 32.3 Å². The smallest absolute Gasteiger partial charge is 0.415 e. The summed E-state index contributed by atoms with van der Waals surface area (Å²) in [4.78, 5) is 19.4. The number of fused-ring (bicyclic) bond motifs is 1. The molecule has 8 nitrogen and oxygen atoms in total. The summed E-state index contributed by atoms with van der Waals surface area (Å²) in [6.07, 6.45) is 1.67. The second kappa shape index (κ2) is 11.6. The van der Waals surface area contributed by atoms with Crippen LogP contribution >= 0.6 is 7.60 Å². The van der Waals surface area contributed by atoms with Crippen molar-refractivity contribution in [1.82, 2.24) is 0 Å². The van der Waals surface area contributed by atoms with Gasteiger partial charge < -0.3 is 18.5 Å². The van der Waals surface area contributed by atoms with Gasteiger partial charge in [0.15, 0.2) is 5.78 Å². The maximum Gasteiger partial charge on any atom is 0.415 e. The average molecular weight is 575 g/mol. The molecule has 2 aliphatic heterocycles. The number of allylic oxidation sites excluding steroid dienone is 1. The first kappa shape index (κ1) is 28.8. The van der Waals surface area contributed by atoms with Crippen molar-refractivity contribution < 1.29 is 27.9 Å². The number of carbonyl (C=O) groups is 1. The number of hydrogen-bond acceptors (Lipinski definition) is 7. The van der Waals surface area contributed by atoms with E-state index in [1.54, 1.807) is 13.0 Å². The number of nitrogens with zero attached hydrogens (tertiary/aromatic N) is 2. The van der Waals surface area contributed by atoms with Crippen molar-refractivity contribution in [1.29, 1.82) is 0 Å². The molecule has 0 N–H and O–H groups in total. The zero-order chi connectivity index (χ0) is 29.2. The highest BCUT2D eigenvalue weighted by Gasteiger charge is 2.45. The van der Waals surface area contributed by atoms with Gasteiger partial charge in [-0.05, 0) is 73.7 Å². The molecule has 0 fully saturated rings. The lowest BCUT2D eigenvalue weighted by Crippen LogP contribution is -2.43. The predicted octanol–water partition coefficient (Wildman–Crippen LogP) is 7.32. The van der Waals surface area contributed by atoms with Gasteiger partial charge in [0.25, 0.3) is 0 Å². The van der Waals surface area contributed by atoms with Crippen molar-refractivity contribution in [2.24, 2.45) is 4.99 Å². The van der Waals surface area contributed by atoms with Crippen LogP contribution in [0.4, 0.5) is 10.5 Å². The van der Waals surface area contributed by atoms with Crippen molar-refractivity contribution >= 4 is 30.8 Å². The molecular formula is C32H35N2O6P. The number of carbonyl (C=O) groups excluding carboxylic acids is 1. The molecule has 1 unspecified atom stereocenters. The summed E-state index contributed by atoms with van der Waals surface area (Å²) in [5, 5.41) is 0. The van der Waals surface area contributed by atoms with E-state index < -0.39 is 19.5 Å². The highest BCUT2D eigenvalue weighted by atomic mass is 31.2. The Morgan fingerprint density at radius 2 is 1.66 bits per heavy atom. The van der Waals surface area contributed by atoms with Crippen molar-refractivity contribution in [3.05, 3.63) is 95.6 Å². The highest BCUT2D eigenvalue weighted by Crippen LogP contribution is 2.57. The van der Waals surface area contributed by atoms with E-state index in [2.05, 4.69) is 36.4 Å². The Labute approximate surface area is 241 Å². The fourth-order valence-electron chi connectivity index (χ4n) is 5.10. The van der Waals surface area contributed by atoms with E-state index in [4.69, 9.17) is 23.5 Å². The van der Waals surface area contributed by atoms with Crippen LogP contribution < -0.4 is 4.90 Å². The average Bonchev–Trinajstić information content (AvgIpc) is 3.36. The van der Waals surface area contributed by atoms with Gasteiger partial charge in [-0.1, -0.05) is 54.6 Å². The number of amides is 1. The molecule has 5 rings (SSSR count). The van der Waals surface area contributed by atoms with Crippen LogP contribution in [0.15, 0.2) is 83.9 Å². The molecule has 0 bridgehead atoms. The molecule has 0 aliphatic carbocycles. The first-order chi connectivity index (χ1) is 19.7. The number of rotatable bonds is 8. The molecule has 1 amide bonds. The van der Waals surface area contributed by atoms with E-state index in [1.165, 1.54) is 19.1 Å². The highest BCUT2D eigenvalue weighted by molar-refractivity contribution is 7.55. The number of ether oxygens (including phenoxy) is 2. The van der Waals surface area contributed by atoms with E-state index in [0.717, 1.165) is 33.4 Å². The monoisotopic (exact) mass is 574 g/mol. The Kier molecular flexibility index (Phi) is 8.18. The van der Waals surface area contributed by atoms with Gasteiger partial charge in [0.2, 0.25) is 5.90 Å². The minimum atomic E-state index is -3.79. The van der Waals surface area contributed by atoms with Gasteiger partial charge in [0.05, 0.1) is 17.8 Å². The summed E-state index contributed by atoms with van der Waals surface area (Å²) in [6.45, 7) is 6.40. The minimum Gasteiger partial charge on any atom is -0.475 e. The van der Waals surface area contributed by atoms with Crippen LogP contribution in [0, 0.1) is 0 Å². The number of anilines is 1. The SMILES string of the molecule is CCOC(=O)N1c2ccc(C3=NC(C)(C)CO3)cc2C(Cc2ccc(-c3ccccc3)cc2)=CC1P(=O)(OC)OC. The van der Waals surface area contributed by atoms with Crippen LogP contribution in [-0.2, 0) is 29.5 Å². The third kappa shape index (κ3) is 5.87. The van der Waals surface area contributed by atoms with Crippen molar-refractivity contribution in [3.8, 4) is 11.1 Å². The van der Waals surface area contributed by atoms with E-state index in [0.29, 0.717) is 24.6 Å². The number of hydrogen-bond donors (Lipinski definition) is 0. The van der Waals surface area contributed by atoms with E-state index >= 15 is 0 Å². The second-order valence-corrected chi connectivity index (χ2v) is 12.9. The first-order valence-electron chi connectivity index (χ1n) is 13.6. The molecule has 3 aromatic carbocycles. The summed E-state index contributed by atoms with van der Waals surface area (Å²) < 4.78 is 35.9. The number of aliphatic imine (C=N–C) groups is 1. The number of benzene rings is 3. The quantitative estimate of drug-likeness (QED) is 0.262. The van der Waals surface area contributed by atoms with Gasteiger partial charge in [-0.3, -0.25) is 9.46 Å². The normalized spacial score (nSPS) is 17.8. The van der Waals surface area contributed by atoms with Crippen molar-refractivity contribution in [2.45, 2.75) is 38.5 Å². The molecule has 214 valence electrons. The molecule has 41 heavy (non-hydrogen) atoms. The molecule has 0 aromatic heterocycles. The zero-order valence-corrected chi connectivity index (χ0v) is 24.9. The van der Waals surface area contributed by atoms with Gasteiger partial charge in [0.1, 0.15) is 6.61 Å². The van der Waals surface area contributed by atoms with Crippen LogP contribution in [0.25, 0.3) is 16.7 Å². The van der Waals surface area contributed by atoms with Crippen LogP contribution in [0.5, 0.6) is 0 Å². The Balaban J connectivity index is 1.61. The Hall–Kier alpha value is -3.71. The lowest BCUT2D eigenvalue weighted by Gasteiger charge is -2.37. The largest absolute Gasteiger partial charge is 0.475 e. The fourth-order valence-corrected chi connectivity index (χ4v) is 6.54. The lowest BCUT2D eigenvalue weighted by atomic mass is 9.91. The molecular weight excluding hydrogens is 539 g/mol.